The van der Waals surface area contributed by atoms with Gasteiger partial charge in [-0.25, -0.2) is 9.97 Å². The van der Waals surface area contributed by atoms with Gasteiger partial charge in [-0.15, -0.1) is 0 Å². The summed E-state index contributed by atoms with van der Waals surface area (Å²) in [6, 6.07) is 9.69. The lowest BCUT2D eigenvalue weighted by Gasteiger charge is -2.25. The molecular formula is C20H25N5O2. The Morgan fingerprint density at radius 1 is 1.22 bits per heavy atom. The molecule has 3 rings (SSSR count). The van der Waals surface area contributed by atoms with Crippen LogP contribution in [-0.4, -0.2) is 49.2 Å². The highest BCUT2D eigenvalue weighted by atomic mass is 16.5. The Hall–Kier alpha value is -2.72. The summed E-state index contributed by atoms with van der Waals surface area (Å²) in [5, 5.41) is 12.5. The van der Waals surface area contributed by atoms with Crippen molar-refractivity contribution in [3.05, 3.63) is 30.0 Å². The number of ether oxygens (including phenoxy) is 1. The van der Waals surface area contributed by atoms with Crippen LogP contribution in [0.1, 0.15) is 37.3 Å². The third-order valence-corrected chi connectivity index (χ3v) is 4.75. The highest BCUT2D eigenvalue weighted by Gasteiger charge is 2.28. The third kappa shape index (κ3) is 4.52. The number of carbonyl (C=O) groups excluding carboxylic acids is 1. The largest absolute Gasteiger partial charge is 0.383 e. The molecule has 142 valence electrons. The number of nitrogens with one attached hydrogen (secondary N) is 1. The average Bonchev–Trinajstić information content (AvgIpc) is 2.97. The Balaban J connectivity index is 2.01. The molecule has 1 aromatic heterocycles. The summed E-state index contributed by atoms with van der Waals surface area (Å²) >= 11 is 0. The normalized spacial score (nSPS) is 15.8. The number of fused-ring (bicyclic) bond motifs is 1. The number of nitriles is 1. The predicted molar refractivity (Wildman–Crippen MR) is 103 cm³/mol. The van der Waals surface area contributed by atoms with Crippen molar-refractivity contribution in [2.75, 3.05) is 38.3 Å². The van der Waals surface area contributed by atoms with Gasteiger partial charge in [-0.05, 0) is 25.0 Å². The van der Waals surface area contributed by atoms with E-state index in [1.807, 2.05) is 24.3 Å². The van der Waals surface area contributed by atoms with Crippen molar-refractivity contribution >= 4 is 22.8 Å². The van der Waals surface area contributed by atoms with Gasteiger partial charge in [0.15, 0.2) is 11.7 Å². The lowest BCUT2D eigenvalue weighted by molar-refractivity contribution is -0.121. The second-order valence-electron chi connectivity index (χ2n) is 6.67. The van der Waals surface area contributed by atoms with Gasteiger partial charge in [0.05, 0.1) is 23.7 Å². The van der Waals surface area contributed by atoms with E-state index in [1.54, 1.807) is 7.11 Å². The van der Waals surface area contributed by atoms with E-state index in [2.05, 4.69) is 21.3 Å². The number of aromatic nitrogens is 2. The molecule has 1 amide bonds. The van der Waals surface area contributed by atoms with E-state index in [9.17, 15) is 10.1 Å². The molecule has 1 aliphatic rings. The number of amides is 1. The fraction of sp³-hybridized carbons (Fsp3) is 0.500. The SMILES string of the molecule is COCCNC(=O)[C@H](C#N)c1nc2ccccc2nc1N1CCCCCC1. The first-order valence-electron chi connectivity index (χ1n) is 9.42. The van der Waals surface area contributed by atoms with Crippen molar-refractivity contribution in [1.29, 1.82) is 5.26 Å². The first-order chi connectivity index (χ1) is 13.2. The van der Waals surface area contributed by atoms with E-state index in [4.69, 9.17) is 9.72 Å². The Labute approximate surface area is 159 Å². The standard InChI is InChI=1S/C20H25N5O2/c1-27-13-10-22-20(26)15(14-21)18-19(25-11-6-2-3-7-12-25)24-17-9-5-4-8-16(17)23-18/h4-5,8-9,15H,2-3,6-7,10-13H2,1H3,(H,22,26)/t15-/m1/s1. The minimum absolute atomic E-state index is 0.355. The van der Waals surface area contributed by atoms with E-state index in [0.29, 0.717) is 30.2 Å². The van der Waals surface area contributed by atoms with Gasteiger partial charge < -0.3 is 15.0 Å². The minimum Gasteiger partial charge on any atom is -0.383 e. The minimum atomic E-state index is -1.00. The van der Waals surface area contributed by atoms with Crippen LogP contribution >= 0.6 is 0 Å². The smallest absolute Gasteiger partial charge is 0.243 e. The van der Waals surface area contributed by atoms with Crippen LogP contribution in [0.2, 0.25) is 0 Å². The van der Waals surface area contributed by atoms with Crippen molar-refractivity contribution in [3.63, 3.8) is 0 Å². The van der Waals surface area contributed by atoms with Crippen LogP contribution < -0.4 is 10.2 Å². The van der Waals surface area contributed by atoms with Gasteiger partial charge >= 0.3 is 0 Å². The first-order valence-corrected chi connectivity index (χ1v) is 9.42. The fourth-order valence-electron chi connectivity index (χ4n) is 3.34. The molecule has 7 heteroatoms. The maximum Gasteiger partial charge on any atom is 0.243 e. The lowest BCUT2D eigenvalue weighted by atomic mass is 10.0. The van der Waals surface area contributed by atoms with Gasteiger partial charge in [-0.1, -0.05) is 25.0 Å². The molecular weight excluding hydrogens is 342 g/mol. The second kappa shape index (κ2) is 9.28. The molecule has 2 aromatic rings. The van der Waals surface area contributed by atoms with Crippen molar-refractivity contribution in [1.82, 2.24) is 15.3 Å². The molecule has 1 atom stereocenters. The molecule has 0 saturated carbocycles. The summed E-state index contributed by atoms with van der Waals surface area (Å²) in [5.74, 6) is -0.712. The van der Waals surface area contributed by atoms with Gasteiger partial charge in [0, 0.05) is 26.7 Å². The summed E-state index contributed by atoms with van der Waals surface area (Å²) in [4.78, 5) is 24.3. The maximum atomic E-state index is 12.6. The van der Waals surface area contributed by atoms with Crippen LogP contribution in [0.15, 0.2) is 24.3 Å². The number of para-hydroxylation sites is 2. The molecule has 0 radical (unpaired) electrons. The number of carbonyl (C=O) groups is 1. The van der Waals surface area contributed by atoms with Crippen LogP contribution in [0.25, 0.3) is 11.0 Å². The third-order valence-electron chi connectivity index (χ3n) is 4.75. The van der Waals surface area contributed by atoms with Gasteiger partial charge in [0.1, 0.15) is 5.69 Å². The zero-order valence-corrected chi connectivity index (χ0v) is 15.6. The number of hydrogen-bond acceptors (Lipinski definition) is 6. The van der Waals surface area contributed by atoms with Gasteiger partial charge in [0.25, 0.3) is 0 Å². The molecule has 0 bridgehead atoms. The summed E-state index contributed by atoms with van der Waals surface area (Å²) in [7, 11) is 1.57. The Kier molecular flexibility index (Phi) is 6.55. The summed E-state index contributed by atoms with van der Waals surface area (Å²) in [6.07, 6.45) is 4.52. The monoisotopic (exact) mass is 367 g/mol. The summed E-state index contributed by atoms with van der Waals surface area (Å²) in [6.45, 7) is 2.48. The van der Waals surface area contributed by atoms with E-state index < -0.39 is 5.92 Å². The quantitative estimate of drug-likeness (QED) is 0.788. The molecule has 1 aliphatic heterocycles. The van der Waals surface area contributed by atoms with Gasteiger partial charge in [-0.3, -0.25) is 4.79 Å². The van der Waals surface area contributed by atoms with Crippen LogP contribution in [0.3, 0.4) is 0 Å². The average molecular weight is 367 g/mol. The molecule has 7 nitrogen and oxygen atoms in total. The van der Waals surface area contributed by atoms with Gasteiger partial charge in [-0.2, -0.15) is 5.26 Å². The first kappa shape index (κ1) is 19.1. The number of nitrogens with zero attached hydrogens (tertiary/aromatic N) is 4. The molecule has 1 N–H and O–H groups in total. The van der Waals surface area contributed by atoms with Gasteiger partial charge in [0.2, 0.25) is 5.91 Å². The lowest BCUT2D eigenvalue weighted by Crippen LogP contribution is -2.34. The van der Waals surface area contributed by atoms with Crippen LogP contribution in [0, 0.1) is 11.3 Å². The number of rotatable bonds is 6. The van der Waals surface area contributed by atoms with Crippen molar-refractivity contribution in [2.45, 2.75) is 31.6 Å². The van der Waals surface area contributed by atoms with E-state index in [1.165, 1.54) is 12.8 Å². The highest BCUT2D eigenvalue weighted by molar-refractivity contribution is 5.88. The van der Waals surface area contributed by atoms with E-state index in [0.717, 1.165) is 31.4 Å². The van der Waals surface area contributed by atoms with Crippen molar-refractivity contribution < 1.29 is 9.53 Å². The number of benzene rings is 1. The molecule has 27 heavy (non-hydrogen) atoms. The zero-order valence-electron chi connectivity index (χ0n) is 15.6. The molecule has 1 fully saturated rings. The molecule has 0 aliphatic carbocycles. The molecule has 1 saturated heterocycles. The highest BCUT2D eigenvalue weighted by Crippen LogP contribution is 2.28. The maximum absolute atomic E-state index is 12.6. The van der Waals surface area contributed by atoms with Crippen LogP contribution in [-0.2, 0) is 9.53 Å². The zero-order chi connectivity index (χ0) is 19.1. The Bertz CT molecular complexity index is 825. The van der Waals surface area contributed by atoms with E-state index in [-0.39, 0.29) is 5.91 Å². The second-order valence-corrected chi connectivity index (χ2v) is 6.67. The molecule has 0 spiro atoms. The number of methoxy groups -OCH3 is 1. The van der Waals surface area contributed by atoms with Crippen molar-refractivity contribution in [3.8, 4) is 6.07 Å². The molecule has 2 heterocycles. The fourth-order valence-corrected chi connectivity index (χ4v) is 3.34. The molecule has 1 aromatic carbocycles. The summed E-state index contributed by atoms with van der Waals surface area (Å²) in [5.41, 5.74) is 1.90. The predicted octanol–water partition coefficient (Wildman–Crippen LogP) is 2.38. The summed E-state index contributed by atoms with van der Waals surface area (Å²) < 4.78 is 4.97. The van der Waals surface area contributed by atoms with Crippen molar-refractivity contribution in [2.24, 2.45) is 0 Å². The Morgan fingerprint density at radius 2 is 1.89 bits per heavy atom. The topological polar surface area (TPSA) is 91.1 Å². The Morgan fingerprint density at radius 3 is 2.52 bits per heavy atom. The van der Waals surface area contributed by atoms with E-state index >= 15 is 0 Å². The van der Waals surface area contributed by atoms with Crippen LogP contribution in [0.4, 0.5) is 5.82 Å². The number of anilines is 1. The number of hydrogen-bond donors (Lipinski definition) is 1. The molecule has 0 unspecified atom stereocenters. The van der Waals surface area contributed by atoms with Crippen LogP contribution in [0.5, 0.6) is 0 Å².